The zero-order chi connectivity index (χ0) is 11.7. The van der Waals surface area contributed by atoms with Gasteiger partial charge in [-0.3, -0.25) is 14.9 Å². The molecule has 3 nitrogen and oxygen atoms in total. The summed E-state index contributed by atoms with van der Waals surface area (Å²) in [6, 6.07) is 4.32. The molecule has 0 spiro atoms. The van der Waals surface area contributed by atoms with E-state index in [2.05, 4.69) is 5.32 Å². The van der Waals surface area contributed by atoms with E-state index in [1.54, 1.807) is 6.07 Å². The first-order valence-electron chi connectivity index (χ1n) is 4.84. The van der Waals surface area contributed by atoms with E-state index in [0.29, 0.717) is 0 Å². The van der Waals surface area contributed by atoms with Gasteiger partial charge in [-0.2, -0.15) is 0 Å². The molecule has 2 rings (SSSR count). The summed E-state index contributed by atoms with van der Waals surface area (Å²) in [7, 11) is 0. The Morgan fingerprint density at radius 2 is 1.88 bits per heavy atom. The van der Waals surface area contributed by atoms with E-state index in [1.807, 2.05) is 0 Å². The van der Waals surface area contributed by atoms with E-state index in [9.17, 15) is 14.0 Å². The molecule has 0 saturated carbocycles. The lowest BCUT2D eigenvalue weighted by Gasteiger charge is -2.22. The van der Waals surface area contributed by atoms with Crippen LogP contribution in [0.25, 0.3) is 0 Å². The van der Waals surface area contributed by atoms with Crippen LogP contribution >= 0.6 is 11.6 Å². The van der Waals surface area contributed by atoms with E-state index in [4.69, 9.17) is 11.6 Å². The molecule has 5 heteroatoms. The molecule has 1 heterocycles. The molecule has 1 saturated heterocycles. The SMILES string of the molecule is O=C1CC(c2c(F)cccc2Cl)CC(=O)N1. The lowest BCUT2D eigenvalue weighted by Crippen LogP contribution is -2.37. The number of benzene rings is 1. The van der Waals surface area contributed by atoms with Gasteiger partial charge >= 0.3 is 0 Å². The third-order valence-electron chi connectivity index (χ3n) is 2.55. The molecule has 0 bridgehead atoms. The van der Waals surface area contributed by atoms with Crippen molar-refractivity contribution in [3.05, 3.63) is 34.6 Å². The zero-order valence-corrected chi connectivity index (χ0v) is 9.05. The summed E-state index contributed by atoms with van der Waals surface area (Å²) in [4.78, 5) is 22.4. The fraction of sp³-hybridized carbons (Fsp3) is 0.273. The maximum absolute atomic E-state index is 13.6. The molecule has 1 aliphatic heterocycles. The Bertz CT molecular complexity index is 425. The second kappa shape index (κ2) is 4.22. The molecule has 0 aliphatic carbocycles. The number of rotatable bonds is 1. The van der Waals surface area contributed by atoms with Crippen LogP contribution in [0.5, 0.6) is 0 Å². The second-order valence-electron chi connectivity index (χ2n) is 3.71. The van der Waals surface area contributed by atoms with Gasteiger partial charge in [-0.1, -0.05) is 17.7 Å². The van der Waals surface area contributed by atoms with E-state index < -0.39 is 11.7 Å². The van der Waals surface area contributed by atoms with Gasteiger partial charge in [-0.25, -0.2) is 4.39 Å². The number of hydrogen-bond acceptors (Lipinski definition) is 2. The van der Waals surface area contributed by atoms with Crippen LogP contribution in [0, 0.1) is 5.82 Å². The van der Waals surface area contributed by atoms with Gasteiger partial charge in [-0.15, -0.1) is 0 Å². The van der Waals surface area contributed by atoms with Gasteiger partial charge in [0.05, 0.1) is 0 Å². The van der Waals surface area contributed by atoms with E-state index >= 15 is 0 Å². The minimum absolute atomic E-state index is 0.0897. The van der Waals surface area contributed by atoms with Crippen LogP contribution in [-0.2, 0) is 9.59 Å². The molecule has 0 radical (unpaired) electrons. The number of halogens is 2. The maximum Gasteiger partial charge on any atom is 0.227 e. The lowest BCUT2D eigenvalue weighted by molar-refractivity contribution is -0.133. The molecule has 1 aromatic carbocycles. The monoisotopic (exact) mass is 241 g/mol. The predicted molar refractivity (Wildman–Crippen MR) is 56.5 cm³/mol. The molecule has 1 aliphatic rings. The van der Waals surface area contributed by atoms with Crippen LogP contribution in [0.15, 0.2) is 18.2 Å². The molecule has 0 unspecified atom stereocenters. The highest BCUT2D eigenvalue weighted by atomic mass is 35.5. The molecular formula is C11H9ClFNO2. The summed E-state index contributed by atoms with van der Waals surface area (Å²) >= 11 is 5.88. The molecule has 0 aromatic heterocycles. The van der Waals surface area contributed by atoms with Crippen molar-refractivity contribution >= 4 is 23.4 Å². The quantitative estimate of drug-likeness (QED) is 0.765. The van der Waals surface area contributed by atoms with Crippen LogP contribution in [-0.4, -0.2) is 11.8 Å². The number of piperidine rings is 1. The largest absolute Gasteiger partial charge is 0.296 e. The topological polar surface area (TPSA) is 46.2 Å². The average molecular weight is 242 g/mol. The first-order chi connectivity index (χ1) is 7.58. The maximum atomic E-state index is 13.6. The van der Waals surface area contributed by atoms with Gasteiger partial charge < -0.3 is 0 Å². The Labute approximate surface area is 96.6 Å². The van der Waals surface area contributed by atoms with Gasteiger partial charge in [0.15, 0.2) is 0 Å². The highest BCUT2D eigenvalue weighted by Gasteiger charge is 2.29. The number of hydrogen-bond donors (Lipinski definition) is 1. The molecule has 1 fully saturated rings. The van der Waals surface area contributed by atoms with E-state index in [1.165, 1.54) is 12.1 Å². The summed E-state index contributed by atoms with van der Waals surface area (Å²) in [5.41, 5.74) is 0.257. The fourth-order valence-electron chi connectivity index (χ4n) is 1.88. The van der Waals surface area contributed by atoms with E-state index in [-0.39, 0.29) is 35.2 Å². The smallest absolute Gasteiger partial charge is 0.227 e. The summed E-state index contributed by atoms with van der Waals surface area (Å²) in [6.07, 6.45) is 0.179. The van der Waals surface area contributed by atoms with E-state index in [0.717, 1.165) is 0 Å². The zero-order valence-electron chi connectivity index (χ0n) is 8.30. The van der Waals surface area contributed by atoms with Crippen molar-refractivity contribution in [3.63, 3.8) is 0 Å². The molecule has 2 amide bonds. The first-order valence-corrected chi connectivity index (χ1v) is 5.22. The van der Waals surface area contributed by atoms with Crippen molar-refractivity contribution in [2.24, 2.45) is 0 Å². The second-order valence-corrected chi connectivity index (χ2v) is 4.12. The van der Waals surface area contributed by atoms with Crippen molar-refractivity contribution in [2.75, 3.05) is 0 Å². The summed E-state index contributed by atoms with van der Waals surface area (Å²) in [5.74, 6) is -1.71. The Morgan fingerprint density at radius 1 is 1.25 bits per heavy atom. The van der Waals surface area contributed by atoms with Crippen molar-refractivity contribution in [1.29, 1.82) is 0 Å². The Kier molecular flexibility index (Phi) is 2.92. The van der Waals surface area contributed by atoms with Gasteiger partial charge in [-0.05, 0) is 12.1 Å². The van der Waals surface area contributed by atoms with Crippen molar-refractivity contribution in [3.8, 4) is 0 Å². The Hall–Kier alpha value is -1.42. The van der Waals surface area contributed by atoms with Crippen molar-refractivity contribution in [2.45, 2.75) is 18.8 Å². The number of imide groups is 1. The van der Waals surface area contributed by atoms with Gasteiger partial charge in [0.25, 0.3) is 0 Å². The van der Waals surface area contributed by atoms with Crippen molar-refractivity contribution < 1.29 is 14.0 Å². The number of nitrogens with one attached hydrogen (secondary N) is 1. The number of carbonyl (C=O) groups excluding carboxylic acids is 2. The fourth-order valence-corrected chi connectivity index (χ4v) is 2.20. The molecule has 1 aromatic rings. The molecule has 16 heavy (non-hydrogen) atoms. The predicted octanol–water partition coefficient (Wildman–Crippen LogP) is 2.00. The van der Waals surface area contributed by atoms with Crippen molar-refractivity contribution in [1.82, 2.24) is 5.32 Å². The minimum atomic E-state index is -0.472. The molecular weight excluding hydrogens is 233 g/mol. The van der Waals surface area contributed by atoms with Gasteiger partial charge in [0.2, 0.25) is 11.8 Å². The molecule has 1 N–H and O–H groups in total. The molecule has 0 atom stereocenters. The summed E-state index contributed by atoms with van der Waals surface area (Å²) in [6.45, 7) is 0. The van der Waals surface area contributed by atoms with Gasteiger partial charge in [0.1, 0.15) is 5.82 Å². The first kappa shape index (κ1) is 11.1. The normalized spacial score (nSPS) is 17.4. The standard InChI is InChI=1S/C11H9ClFNO2/c12-7-2-1-3-8(13)11(7)6-4-9(15)14-10(16)5-6/h1-3,6H,4-5H2,(H,14,15,16). The van der Waals surface area contributed by atoms with Crippen LogP contribution in [0.4, 0.5) is 4.39 Å². The third-order valence-corrected chi connectivity index (χ3v) is 2.88. The number of amides is 2. The average Bonchev–Trinajstić information content (AvgIpc) is 2.15. The van der Waals surface area contributed by atoms with Gasteiger partial charge in [0, 0.05) is 29.3 Å². The third kappa shape index (κ3) is 2.07. The summed E-state index contributed by atoms with van der Waals surface area (Å²) < 4.78 is 13.6. The van der Waals surface area contributed by atoms with Crippen LogP contribution < -0.4 is 5.32 Å². The minimum Gasteiger partial charge on any atom is -0.296 e. The Balaban J connectivity index is 2.36. The van der Waals surface area contributed by atoms with Crippen LogP contribution in [0.1, 0.15) is 24.3 Å². The highest BCUT2D eigenvalue weighted by molar-refractivity contribution is 6.31. The molecule has 84 valence electrons. The van der Waals surface area contributed by atoms with Crippen LogP contribution in [0.3, 0.4) is 0 Å². The Morgan fingerprint density at radius 3 is 2.44 bits per heavy atom. The lowest BCUT2D eigenvalue weighted by atomic mass is 9.89. The summed E-state index contributed by atoms with van der Waals surface area (Å²) in [5, 5.41) is 2.43. The highest BCUT2D eigenvalue weighted by Crippen LogP contribution is 2.33. The number of carbonyl (C=O) groups is 2. The van der Waals surface area contributed by atoms with Crippen LogP contribution in [0.2, 0.25) is 5.02 Å².